The first-order valence-corrected chi connectivity index (χ1v) is 8.39. The predicted molar refractivity (Wildman–Crippen MR) is 88.0 cm³/mol. The predicted octanol–water partition coefficient (Wildman–Crippen LogP) is 4.87. The van der Waals surface area contributed by atoms with Gasteiger partial charge in [0.25, 0.3) is 0 Å². The molecule has 0 aliphatic heterocycles. The molecule has 1 aliphatic rings. The summed E-state index contributed by atoms with van der Waals surface area (Å²) in [6.07, 6.45) is 7.51. The summed E-state index contributed by atoms with van der Waals surface area (Å²) in [7, 11) is 2.07. The Labute approximate surface area is 129 Å². The van der Waals surface area contributed by atoms with Gasteiger partial charge in [0.05, 0.1) is 0 Å². The minimum atomic E-state index is -0.116. The van der Waals surface area contributed by atoms with E-state index in [4.69, 9.17) is 0 Å². The van der Waals surface area contributed by atoms with Crippen molar-refractivity contribution in [2.45, 2.75) is 65.3 Å². The van der Waals surface area contributed by atoms with Gasteiger partial charge in [-0.15, -0.1) is 0 Å². The Balaban J connectivity index is 2.22. The monoisotopic (exact) mass is 291 g/mol. The van der Waals surface area contributed by atoms with E-state index in [0.29, 0.717) is 17.4 Å². The molecule has 118 valence electrons. The van der Waals surface area contributed by atoms with Crippen LogP contribution in [0.15, 0.2) is 18.2 Å². The third kappa shape index (κ3) is 3.85. The van der Waals surface area contributed by atoms with Crippen molar-refractivity contribution in [2.75, 3.05) is 7.05 Å². The highest BCUT2D eigenvalue weighted by Gasteiger charge is 2.40. The first kappa shape index (κ1) is 16.5. The number of hydrogen-bond donors (Lipinski definition) is 1. The number of likely N-dealkylation sites (N-methyl/N-ethyl adjacent to an activating group) is 1. The zero-order valence-corrected chi connectivity index (χ0v) is 14.0. The highest BCUT2D eigenvalue weighted by Crippen LogP contribution is 2.46. The molecule has 1 aliphatic carbocycles. The third-order valence-electron chi connectivity index (χ3n) is 5.24. The van der Waals surface area contributed by atoms with Crippen molar-refractivity contribution < 1.29 is 4.39 Å². The van der Waals surface area contributed by atoms with E-state index in [1.807, 2.05) is 6.07 Å². The van der Waals surface area contributed by atoms with E-state index < -0.39 is 0 Å². The smallest absolute Gasteiger partial charge is 0.123 e. The van der Waals surface area contributed by atoms with Crippen LogP contribution in [0, 0.1) is 24.1 Å². The Hall–Kier alpha value is -0.890. The van der Waals surface area contributed by atoms with Crippen LogP contribution in [0.25, 0.3) is 0 Å². The van der Waals surface area contributed by atoms with Gasteiger partial charge in [-0.05, 0) is 74.2 Å². The molecule has 0 saturated heterocycles. The molecule has 0 bridgehead atoms. The summed E-state index contributed by atoms with van der Waals surface area (Å²) in [5.41, 5.74) is 2.75. The maximum Gasteiger partial charge on any atom is 0.123 e. The number of rotatable bonds is 6. The Bertz CT molecular complexity index is 461. The van der Waals surface area contributed by atoms with Gasteiger partial charge in [-0.2, -0.15) is 0 Å². The van der Waals surface area contributed by atoms with Crippen molar-refractivity contribution >= 4 is 0 Å². The number of benzene rings is 1. The lowest BCUT2D eigenvalue weighted by atomic mass is 9.70. The normalized spacial score (nSPS) is 19.1. The Morgan fingerprint density at radius 3 is 2.48 bits per heavy atom. The maximum atomic E-state index is 13.6. The average molecular weight is 291 g/mol. The van der Waals surface area contributed by atoms with Crippen molar-refractivity contribution in [3.8, 4) is 0 Å². The van der Waals surface area contributed by atoms with E-state index >= 15 is 0 Å². The topological polar surface area (TPSA) is 12.0 Å². The molecule has 0 amide bonds. The van der Waals surface area contributed by atoms with Gasteiger partial charge in [0.1, 0.15) is 5.82 Å². The molecular weight excluding hydrogens is 261 g/mol. The van der Waals surface area contributed by atoms with Crippen LogP contribution in [0.4, 0.5) is 4.39 Å². The van der Waals surface area contributed by atoms with Crippen LogP contribution in [-0.4, -0.2) is 13.1 Å². The molecule has 1 fully saturated rings. The molecule has 2 heteroatoms. The summed E-state index contributed by atoms with van der Waals surface area (Å²) in [5, 5.41) is 3.56. The van der Waals surface area contributed by atoms with E-state index in [1.165, 1.54) is 37.7 Å². The quantitative estimate of drug-likeness (QED) is 0.788. The second-order valence-corrected chi connectivity index (χ2v) is 7.28. The lowest BCUT2D eigenvalue weighted by Gasteiger charge is -2.39. The summed E-state index contributed by atoms with van der Waals surface area (Å²) >= 11 is 0. The fourth-order valence-electron chi connectivity index (χ4n) is 4.29. The van der Waals surface area contributed by atoms with Crippen molar-refractivity contribution in [1.82, 2.24) is 5.32 Å². The molecule has 1 atom stereocenters. The molecule has 0 spiro atoms. The van der Waals surface area contributed by atoms with Crippen molar-refractivity contribution in [3.63, 3.8) is 0 Å². The summed E-state index contributed by atoms with van der Waals surface area (Å²) < 4.78 is 13.6. The summed E-state index contributed by atoms with van der Waals surface area (Å²) in [6, 6.07) is 5.63. The van der Waals surface area contributed by atoms with E-state index in [9.17, 15) is 4.39 Å². The standard InChI is InChI=1S/C19H30FN/c1-14(2)13-19(9-5-6-10-19)18(21-4)12-16-11-17(20)8-7-15(16)3/h7-8,11,14,18,21H,5-6,9-10,12-13H2,1-4H3. The van der Waals surface area contributed by atoms with Gasteiger partial charge >= 0.3 is 0 Å². The van der Waals surface area contributed by atoms with E-state index in [1.54, 1.807) is 12.1 Å². The van der Waals surface area contributed by atoms with Gasteiger partial charge in [-0.1, -0.05) is 32.8 Å². The SMILES string of the molecule is CNC(Cc1cc(F)ccc1C)C1(CC(C)C)CCCC1. The summed E-state index contributed by atoms with van der Waals surface area (Å²) in [4.78, 5) is 0. The number of aryl methyl sites for hydroxylation is 1. The van der Waals surface area contributed by atoms with Gasteiger partial charge in [-0.3, -0.25) is 0 Å². The van der Waals surface area contributed by atoms with Crippen LogP contribution < -0.4 is 5.32 Å². The summed E-state index contributed by atoms with van der Waals surface area (Å²) in [6.45, 7) is 6.73. The van der Waals surface area contributed by atoms with Crippen LogP contribution in [0.2, 0.25) is 0 Å². The highest BCUT2D eigenvalue weighted by atomic mass is 19.1. The van der Waals surface area contributed by atoms with E-state index in [2.05, 4.69) is 33.1 Å². The second-order valence-electron chi connectivity index (χ2n) is 7.28. The highest BCUT2D eigenvalue weighted by molar-refractivity contribution is 5.28. The number of halogens is 1. The first-order chi connectivity index (χ1) is 9.97. The average Bonchev–Trinajstić information content (AvgIpc) is 2.88. The maximum absolute atomic E-state index is 13.6. The Kier molecular flexibility index (Phi) is 5.43. The molecule has 1 aromatic rings. The molecule has 2 rings (SSSR count). The zero-order valence-electron chi connectivity index (χ0n) is 14.0. The molecule has 0 heterocycles. The van der Waals surface area contributed by atoms with Crippen LogP contribution >= 0.6 is 0 Å². The van der Waals surface area contributed by atoms with Crippen LogP contribution in [0.1, 0.15) is 57.1 Å². The minimum Gasteiger partial charge on any atom is -0.316 e. The molecule has 1 nitrogen and oxygen atoms in total. The van der Waals surface area contributed by atoms with E-state index in [0.717, 1.165) is 12.0 Å². The first-order valence-electron chi connectivity index (χ1n) is 8.39. The number of hydrogen-bond acceptors (Lipinski definition) is 1. The second kappa shape index (κ2) is 6.91. The molecular formula is C19H30FN. The molecule has 21 heavy (non-hydrogen) atoms. The van der Waals surface area contributed by atoms with Gasteiger partial charge in [0.2, 0.25) is 0 Å². The minimum absolute atomic E-state index is 0.116. The fraction of sp³-hybridized carbons (Fsp3) is 0.684. The zero-order chi connectivity index (χ0) is 15.5. The van der Waals surface area contributed by atoms with Gasteiger partial charge in [-0.25, -0.2) is 4.39 Å². The fourth-order valence-corrected chi connectivity index (χ4v) is 4.29. The summed E-state index contributed by atoms with van der Waals surface area (Å²) in [5.74, 6) is 0.599. The molecule has 1 unspecified atom stereocenters. The molecule has 0 radical (unpaired) electrons. The Morgan fingerprint density at radius 1 is 1.24 bits per heavy atom. The van der Waals surface area contributed by atoms with Crippen LogP contribution in [-0.2, 0) is 6.42 Å². The largest absolute Gasteiger partial charge is 0.316 e. The van der Waals surface area contributed by atoms with E-state index in [-0.39, 0.29) is 5.82 Å². The molecule has 1 aromatic carbocycles. The van der Waals surface area contributed by atoms with Crippen LogP contribution in [0.3, 0.4) is 0 Å². The lowest BCUT2D eigenvalue weighted by molar-refractivity contribution is 0.160. The van der Waals surface area contributed by atoms with Gasteiger partial charge in [0, 0.05) is 6.04 Å². The molecule has 0 aromatic heterocycles. The van der Waals surface area contributed by atoms with Crippen molar-refractivity contribution in [1.29, 1.82) is 0 Å². The van der Waals surface area contributed by atoms with Gasteiger partial charge in [0.15, 0.2) is 0 Å². The molecule has 1 saturated carbocycles. The third-order valence-corrected chi connectivity index (χ3v) is 5.24. The number of nitrogens with one attached hydrogen (secondary N) is 1. The van der Waals surface area contributed by atoms with Crippen molar-refractivity contribution in [3.05, 3.63) is 35.1 Å². The van der Waals surface area contributed by atoms with Gasteiger partial charge < -0.3 is 5.32 Å². The molecule has 1 N–H and O–H groups in total. The van der Waals surface area contributed by atoms with Crippen LogP contribution in [0.5, 0.6) is 0 Å². The Morgan fingerprint density at radius 2 is 1.90 bits per heavy atom. The lowest BCUT2D eigenvalue weighted by Crippen LogP contribution is -2.44. The van der Waals surface area contributed by atoms with Crippen molar-refractivity contribution in [2.24, 2.45) is 11.3 Å².